The Hall–Kier alpha value is -3.12. The SMILES string of the molecule is CO[C@H]1C(=O)N2C(C(=O)OC(C)(C)C)=C(COC(=O)Cc3ccccc3Nc3c(Cl)cccc3Cl)CS(=O)(=O)C12. The summed E-state index contributed by atoms with van der Waals surface area (Å²) in [6.45, 7) is 4.38. The first-order chi connectivity index (χ1) is 18.7. The van der Waals surface area contributed by atoms with E-state index in [1.54, 1.807) is 63.2 Å². The highest BCUT2D eigenvalue weighted by Crippen LogP contribution is 2.39. The summed E-state index contributed by atoms with van der Waals surface area (Å²) < 4.78 is 41.9. The van der Waals surface area contributed by atoms with E-state index < -0.39 is 57.1 Å². The Labute approximate surface area is 242 Å². The van der Waals surface area contributed by atoms with Gasteiger partial charge in [0, 0.05) is 18.4 Å². The number of nitrogens with zero attached hydrogens (tertiary/aromatic N) is 1. The third-order valence-electron chi connectivity index (χ3n) is 6.14. The number of ether oxygens (including phenoxy) is 3. The van der Waals surface area contributed by atoms with Gasteiger partial charge in [0.05, 0.1) is 27.9 Å². The molecule has 4 rings (SSSR count). The Balaban J connectivity index is 1.57. The molecule has 1 fully saturated rings. The second kappa shape index (κ2) is 11.4. The number of β-lactam (4-membered cyclic amide) rings is 1. The van der Waals surface area contributed by atoms with Crippen LogP contribution in [-0.4, -0.2) is 67.7 Å². The number of methoxy groups -OCH3 is 1. The van der Waals surface area contributed by atoms with Crippen molar-refractivity contribution in [2.24, 2.45) is 0 Å². The van der Waals surface area contributed by atoms with Crippen LogP contribution in [0.25, 0.3) is 0 Å². The highest BCUT2D eigenvalue weighted by Gasteiger charge is 2.61. The lowest BCUT2D eigenvalue weighted by Crippen LogP contribution is -2.70. The summed E-state index contributed by atoms with van der Waals surface area (Å²) in [5.74, 6) is -2.89. The van der Waals surface area contributed by atoms with Crippen molar-refractivity contribution in [3.8, 4) is 0 Å². The number of halogens is 2. The molecule has 0 aliphatic carbocycles. The number of anilines is 2. The van der Waals surface area contributed by atoms with Crippen LogP contribution >= 0.6 is 23.2 Å². The Morgan fingerprint density at radius 1 is 1.07 bits per heavy atom. The fourth-order valence-electron chi connectivity index (χ4n) is 4.41. The van der Waals surface area contributed by atoms with Crippen molar-refractivity contribution in [1.29, 1.82) is 0 Å². The van der Waals surface area contributed by atoms with Gasteiger partial charge in [0.1, 0.15) is 17.9 Å². The molecule has 10 nitrogen and oxygen atoms in total. The summed E-state index contributed by atoms with van der Waals surface area (Å²) in [4.78, 5) is 39.6. The van der Waals surface area contributed by atoms with Gasteiger partial charge >= 0.3 is 11.9 Å². The normalized spacial score (nSPS) is 19.9. The molecule has 13 heteroatoms. The molecule has 214 valence electrons. The summed E-state index contributed by atoms with van der Waals surface area (Å²) in [5.41, 5.74) is 0.347. The maximum absolute atomic E-state index is 13.1. The molecule has 1 saturated heterocycles. The van der Waals surface area contributed by atoms with Crippen LogP contribution in [0, 0.1) is 0 Å². The molecule has 0 radical (unpaired) electrons. The zero-order valence-corrected chi connectivity index (χ0v) is 24.5. The molecule has 1 amide bonds. The smallest absolute Gasteiger partial charge is 0.355 e. The first-order valence-electron chi connectivity index (χ1n) is 12.2. The Morgan fingerprint density at radius 3 is 2.35 bits per heavy atom. The van der Waals surface area contributed by atoms with E-state index in [2.05, 4.69) is 5.32 Å². The van der Waals surface area contributed by atoms with Gasteiger partial charge < -0.3 is 19.5 Å². The van der Waals surface area contributed by atoms with Gasteiger partial charge in [-0.1, -0.05) is 47.5 Å². The van der Waals surface area contributed by atoms with Gasteiger partial charge in [0.2, 0.25) is 0 Å². The second-order valence-corrected chi connectivity index (χ2v) is 13.1. The van der Waals surface area contributed by atoms with E-state index in [-0.39, 0.29) is 17.7 Å². The van der Waals surface area contributed by atoms with Crippen molar-refractivity contribution in [1.82, 2.24) is 4.90 Å². The Kier molecular flexibility index (Phi) is 8.51. The lowest BCUT2D eigenvalue weighted by Gasteiger charge is -2.48. The van der Waals surface area contributed by atoms with Crippen LogP contribution in [0.5, 0.6) is 0 Å². The number of hydrogen-bond acceptors (Lipinski definition) is 9. The predicted molar refractivity (Wildman–Crippen MR) is 149 cm³/mol. The summed E-state index contributed by atoms with van der Waals surface area (Å²) in [6.07, 6.45) is -1.42. The van der Waals surface area contributed by atoms with Gasteiger partial charge in [-0.2, -0.15) is 0 Å². The van der Waals surface area contributed by atoms with Gasteiger partial charge in [-0.05, 0) is 44.5 Å². The summed E-state index contributed by atoms with van der Waals surface area (Å²) in [6, 6.07) is 12.0. The number of sulfone groups is 1. The maximum atomic E-state index is 13.1. The number of para-hydroxylation sites is 2. The molecule has 2 aliphatic rings. The number of benzene rings is 2. The van der Waals surface area contributed by atoms with Crippen LogP contribution in [0.3, 0.4) is 0 Å². The minimum absolute atomic E-state index is 0.0592. The topological polar surface area (TPSA) is 128 Å². The standard InChI is InChI=1S/C27H28Cl2N2O8S/c1-27(2,3)39-26(34)22-16(14-40(35,36)25-23(37-4)24(33)31(22)25)13-38-20(32)12-15-8-5-6-11-19(15)30-21-17(28)9-7-10-18(21)29/h5-11,23,25,30H,12-14H2,1-4H3/t23-,25?/m0/s1. The van der Waals surface area contributed by atoms with Crippen LogP contribution in [0.2, 0.25) is 10.0 Å². The van der Waals surface area contributed by atoms with Crippen molar-refractivity contribution >= 4 is 62.3 Å². The molecule has 0 bridgehead atoms. The fraction of sp³-hybridized carbons (Fsp3) is 0.370. The van der Waals surface area contributed by atoms with Crippen LogP contribution in [0.4, 0.5) is 11.4 Å². The van der Waals surface area contributed by atoms with E-state index >= 15 is 0 Å². The van der Waals surface area contributed by atoms with E-state index in [1.807, 2.05) is 0 Å². The Bertz CT molecular complexity index is 1480. The minimum atomic E-state index is -3.95. The van der Waals surface area contributed by atoms with Crippen molar-refractivity contribution in [3.05, 3.63) is 69.3 Å². The molecule has 2 atom stereocenters. The number of rotatable bonds is 8. The fourth-order valence-corrected chi connectivity index (χ4v) is 6.91. The van der Waals surface area contributed by atoms with Crippen LogP contribution in [-0.2, 0) is 44.9 Å². The van der Waals surface area contributed by atoms with E-state index in [1.165, 1.54) is 7.11 Å². The molecule has 0 spiro atoms. The highest BCUT2D eigenvalue weighted by molar-refractivity contribution is 7.92. The number of carbonyl (C=O) groups is 3. The summed E-state index contributed by atoms with van der Waals surface area (Å²) in [5, 5.41) is 2.55. The van der Waals surface area contributed by atoms with Crippen molar-refractivity contribution in [3.63, 3.8) is 0 Å². The van der Waals surface area contributed by atoms with Crippen molar-refractivity contribution in [2.75, 3.05) is 24.8 Å². The molecule has 1 N–H and O–H groups in total. The minimum Gasteiger partial charge on any atom is -0.461 e. The lowest BCUT2D eigenvalue weighted by atomic mass is 10.0. The van der Waals surface area contributed by atoms with Crippen molar-refractivity contribution < 1.29 is 37.0 Å². The number of hydrogen-bond donors (Lipinski definition) is 1. The second-order valence-electron chi connectivity index (χ2n) is 10.2. The summed E-state index contributed by atoms with van der Waals surface area (Å²) >= 11 is 12.5. The number of amides is 1. The van der Waals surface area contributed by atoms with Crippen LogP contribution in [0.1, 0.15) is 26.3 Å². The monoisotopic (exact) mass is 610 g/mol. The highest BCUT2D eigenvalue weighted by atomic mass is 35.5. The van der Waals surface area contributed by atoms with Gasteiger partial charge in [-0.3, -0.25) is 14.5 Å². The van der Waals surface area contributed by atoms with Gasteiger partial charge in [0.15, 0.2) is 21.3 Å². The zero-order valence-electron chi connectivity index (χ0n) is 22.2. The molecule has 40 heavy (non-hydrogen) atoms. The number of nitrogens with one attached hydrogen (secondary N) is 1. The van der Waals surface area contributed by atoms with E-state index in [0.29, 0.717) is 27.0 Å². The maximum Gasteiger partial charge on any atom is 0.355 e. The molecule has 0 aromatic heterocycles. The molecule has 2 heterocycles. The van der Waals surface area contributed by atoms with Gasteiger partial charge in [-0.25, -0.2) is 13.2 Å². The third-order valence-corrected chi connectivity index (χ3v) is 8.72. The molecule has 2 aromatic carbocycles. The average Bonchev–Trinajstić information content (AvgIpc) is 2.85. The third kappa shape index (κ3) is 6.12. The van der Waals surface area contributed by atoms with Crippen LogP contribution < -0.4 is 5.32 Å². The average molecular weight is 612 g/mol. The first-order valence-corrected chi connectivity index (χ1v) is 14.7. The Morgan fingerprint density at radius 2 is 1.73 bits per heavy atom. The molecule has 2 aliphatic heterocycles. The molecular formula is C27H28Cl2N2O8S. The molecule has 1 unspecified atom stereocenters. The van der Waals surface area contributed by atoms with E-state index in [9.17, 15) is 22.8 Å². The van der Waals surface area contributed by atoms with Gasteiger partial charge in [0.25, 0.3) is 5.91 Å². The number of esters is 2. The zero-order chi connectivity index (χ0) is 29.4. The largest absolute Gasteiger partial charge is 0.461 e. The summed E-state index contributed by atoms with van der Waals surface area (Å²) in [7, 11) is -2.73. The van der Waals surface area contributed by atoms with E-state index in [0.717, 1.165) is 4.90 Å². The molecule has 0 saturated carbocycles. The lowest BCUT2D eigenvalue weighted by molar-refractivity contribution is -0.167. The number of fused-ring (bicyclic) bond motifs is 1. The molecule has 2 aromatic rings. The van der Waals surface area contributed by atoms with E-state index in [4.69, 9.17) is 37.4 Å². The first kappa shape index (κ1) is 29.9. The van der Waals surface area contributed by atoms with Crippen molar-refractivity contribution in [2.45, 2.75) is 44.3 Å². The van der Waals surface area contributed by atoms with Crippen LogP contribution in [0.15, 0.2) is 53.7 Å². The number of carbonyl (C=O) groups excluding carboxylic acids is 3. The predicted octanol–water partition coefficient (Wildman–Crippen LogP) is 4.03. The molecular weight excluding hydrogens is 583 g/mol. The quantitative estimate of drug-likeness (QED) is 0.348. The van der Waals surface area contributed by atoms with Gasteiger partial charge in [-0.15, -0.1) is 0 Å².